The quantitative estimate of drug-likeness (QED) is 0.797. The molecule has 5 heteroatoms. The van der Waals surface area contributed by atoms with Crippen LogP contribution in [0.25, 0.3) is 0 Å². The molecule has 0 amide bonds. The van der Waals surface area contributed by atoms with E-state index < -0.39 is 11.6 Å². The molecule has 3 rings (SSSR count). The van der Waals surface area contributed by atoms with Crippen molar-refractivity contribution in [3.05, 3.63) is 35.9 Å². The maximum atomic E-state index is 12.8. The molecule has 1 heterocycles. The Morgan fingerprint density at radius 1 is 1.16 bits per heavy atom. The first-order valence-electron chi connectivity index (χ1n) is 9.46. The third-order valence-corrected chi connectivity index (χ3v) is 5.71. The van der Waals surface area contributed by atoms with Gasteiger partial charge in [0.05, 0.1) is 0 Å². The highest BCUT2D eigenvalue weighted by molar-refractivity contribution is 5.81. The van der Waals surface area contributed by atoms with Gasteiger partial charge in [0.15, 0.2) is 5.60 Å². The standard InChI is InChI=1S/C20H30N2O3/c1-21-11-13-22(14-12-21)15-16-25-19(23)20(24,18-9-5-6-10-18)17-7-3-2-4-8-17/h2-4,7-8,18,24H,5-6,9-16H2,1H3. The van der Waals surface area contributed by atoms with Crippen molar-refractivity contribution in [1.29, 1.82) is 0 Å². The van der Waals surface area contributed by atoms with E-state index in [2.05, 4.69) is 16.8 Å². The van der Waals surface area contributed by atoms with Crippen LogP contribution in [0.5, 0.6) is 0 Å². The zero-order valence-corrected chi connectivity index (χ0v) is 15.2. The summed E-state index contributed by atoms with van der Waals surface area (Å²) in [7, 11) is 2.12. The SMILES string of the molecule is CN1CCN(CCOC(=O)C(O)(c2ccccc2)C2CCCC2)CC1. The number of piperazine rings is 1. The van der Waals surface area contributed by atoms with E-state index in [1.807, 2.05) is 30.3 Å². The molecule has 25 heavy (non-hydrogen) atoms. The largest absolute Gasteiger partial charge is 0.462 e. The van der Waals surface area contributed by atoms with Crippen LogP contribution in [0.1, 0.15) is 31.2 Å². The first-order chi connectivity index (χ1) is 12.1. The number of aliphatic hydroxyl groups is 1. The van der Waals surface area contributed by atoms with Crippen LogP contribution in [0, 0.1) is 5.92 Å². The molecule has 0 bridgehead atoms. The zero-order valence-electron chi connectivity index (χ0n) is 15.2. The maximum Gasteiger partial charge on any atom is 0.343 e. The highest BCUT2D eigenvalue weighted by Gasteiger charge is 2.47. The van der Waals surface area contributed by atoms with Crippen LogP contribution in [0.4, 0.5) is 0 Å². The van der Waals surface area contributed by atoms with Crippen LogP contribution in [-0.2, 0) is 15.1 Å². The van der Waals surface area contributed by atoms with Crippen molar-refractivity contribution in [2.75, 3.05) is 46.4 Å². The predicted octanol–water partition coefficient (Wildman–Crippen LogP) is 1.86. The number of carbonyl (C=O) groups is 1. The summed E-state index contributed by atoms with van der Waals surface area (Å²) >= 11 is 0. The van der Waals surface area contributed by atoms with Gasteiger partial charge in [-0.15, -0.1) is 0 Å². The van der Waals surface area contributed by atoms with Crippen LogP contribution >= 0.6 is 0 Å². The van der Waals surface area contributed by atoms with E-state index in [0.29, 0.717) is 12.2 Å². The van der Waals surface area contributed by atoms with Gasteiger partial charge in [0, 0.05) is 38.6 Å². The van der Waals surface area contributed by atoms with Gasteiger partial charge in [-0.05, 0) is 25.5 Å². The van der Waals surface area contributed by atoms with Crippen LogP contribution in [0.3, 0.4) is 0 Å². The van der Waals surface area contributed by atoms with Crippen molar-refractivity contribution < 1.29 is 14.6 Å². The molecule has 1 saturated heterocycles. The Bertz CT molecular complexity index is 551. The lowest BCUT2D eigenvalue weighted by atomic mass is 9.80. The van der Waals surface area contributed by atoms with Crippen molar-refractivity contribution in [2.45, 2.75) is 31.3 Å². The first-order valence-corrected chi connectivity index (χ1v) is 9.46. The third kappa shape index (κ3) is 4.22. The Hall–Kier alpha value is -1.43. The minimum atomic E-state index is -1.51. The van der Waals surface area contributed by atoms with Crippen molar-refractivity contribution in [2.24, 2.45) is 5.92 Å². The Morgan fingerprint density at radius 3 is 2.44 bits per heavy atom. The lowest BCUT2D eigenvalue weighted by Crippen LogP contribution is -2.47. The van der Waals surface area contributed by atoms with E-state index >= 15 is 0 Å². The lowest BCUT2D eigenvalue weighted by Gasteiger charge is -2.34. The fraction of sp³-hybridized carbons (Fsp3) is 0.650. The fourth-order valence-corrected chi connectivity index (χ4v) is 4.00. The second-order valence-electron chi connectivity index (χ2n) is 7.39. The van der Waals surface area contributed by atoms with Gasteiger partial charge in [0.1, 0.15) is 6.61 Å². The molecule has 1 aliphatic heterocycles. The van der Waals surface area contributed by atoms with Crippen molar-refractivity contribution >= 4 is 5.97 Å². The highest BCUT2D eigenvalue weighted by Crippen LogP contribution is 2.41. The van der Waals surface area contributed by atoms with Gasteiger partial charge in [0.2, 0.25) is 0 Å². The number of carbonyl (C=O) groups excluding carboxylic acids is 1. The summed E-state index contributed by atoms with van der Waals surface area (Å²) < 4.78 is 5.56. The molecule has 1 saturated carbocycles. The molecular formula is C20H30N2O3. The summed E-state index contributed by atoms with van der Waals surface area (Å²) in [6, 6.07) is 9.30. The van der Waals surface area contributed by atoms with Crippen molar-refractivity contribution in [3.63, 3.8) is 0 Å². The average Bonchev–Trinajstić information content (AvgIpc) is 3.18. The second-order valence-corrected chi connectivity index (χ2v) is 7.39. The molecule has 2 aliphatic rings. The number of rotatable bonds is 6. The molecule has 1 aromatic carbocycles. The molecule has 1 N–H and O–H groups in total. The van der Waals surface area contributed by atoms with Gasteiger partial charge in [-0.2, -0.15) is 0 Å². The average molecular weight is 346 g/mol. The summed E-state index contributed by atoms with van der Waals surface area (Å²) in [6.07, 6.45) is 3.88. The van der Waals surface area contributed by atoms with E-state index in [1.165, 1.54) is 0 Å². The monoisotopic (exact) mass is 346 g/mol. The number of nitrogens with zero attached hydrogens (tertiary/aromatic N) is 2. The normalized spacial score (nSPS) is 22.6. The summed E-state index contributed by atoms with van der Waals surface area (Å²) in [5.74, 6) is -0.536. The minimum absolute atomic E-state index is 0.0500. The van der Waals surface area contributed by atoms with Gasteiger partial charge in [-0.25, -0.2) is 4.79 Å². The molecule has 1 aliphatic carbocycles. The third-order valence-electron chi connectivity index (χ3n) is 5.71. The van der Waals surface area contributed by atoms with E-state index in [0.717, 1.165) is 58.4 Å². The Labute approximate surface area is 150 Å². The number of hydrogen-bond donors (Lipinski definition) is 1. The summed E-state index contributed by atoms with van der Waals surface area (Å²) in [5, 5.41) is 11.3. The van der Waals surface area contributed by atoms with Gasteiger partial charge in [-0.1, -0.05) is 43.2 Å². The number of benzene rings is 1. The Kier molecular flexibility index (Phi) is 6.10. The smallest absolute Gasteiger partial charge is 0.343 e. The Morgan fingerprint density at radius 2 is 1.80 bits per heavy atom. The molecule has 1 aromatic rings. The number of hydrogen-bond acceptors (Lipinski definition) is 5. The molecule has 0 spiro atoms. The molecule has 1 unspecified atom stereocenters. The predicted molar refractivity (Wildman–Crippen MR) is 97.2 cm³/mol. The molecular weight excluding hydrogens is 316 g/mol. The number of esters is 1. The lowest BCUT2D eigenvalue weighted by molar-refractivity contribution is -0.174. The van der Waals surface area contributed by atoms with Crippen molar-refractivity contribution in [3.8, 4) is 0 Å². The fourth-order valence-electron chi connectivity index (χ4n) is 4.00. The van der Waals surface area contributed by atoms with Crippen LogP contribution < -0.4 is 0 Å². The Balaban J connectivity index is 1.61. The number of likely N-dealkylation sites (N-methyl/N-ethyl adjacent to an activating group) is 1. The van der Waals surface area contributed by atoms with E-state index in [9.17, 15) is 9.90 Å². The first kappa shape index (κ1) is 18.4. The van der Waals surface area contributed by atoms with Gasteiger partial charge in [-0.3, -0.25) is 4.90 Å². The van der Waals surface area contributed by atoms with Crippen LogP contribution in [0.2, 0.25) is 0 Å². The molecule has 138 valence electrons. The summed E-state index contributed by atoms with van der Waals surface area (Å²) in [5.41, 5.74) is -0.855. The summed E-state index contributed by atoms with van der Waals surface area (Å²) in [6.45, 7) is 5.16. The van der Waals surface area contributed by atoms with Gasteiger partial charge < -0.3 is 14.7 Å². The zero-order chi connectivity index (χ0) is 17.7. The van der Waals surface area contributed by atoms with Gasteiger partial charge >= 0.3 is 5.97 Å². The molecule has 1 atom stereocenters. The van der Waals surface area contributed by atoms with Crippen LogP contribution in [0.15, 0.2) is 30.3 Å². The molecule has 0 radical (unpaired) electrons. The highest BCUT2D eigenvalue weighted by atomic mass is 16.5. The molecule has 2 fully saturated rings. The minimum Gasteiger partial charge on any atom is -0.462 e. The van der Waals surface area contributed by atoms with E-state index in [1.54, 1.807) is 0 Å². The van der Waals surface area contributed by atoms with Gasteiger partial charge in [0.25, 0.3) is 0 Å². The van der Waals surface area contributed by atoms with Crippen LogP contribution in [-0.4, -0.2) is 67.3 Å². The number of ether oxygens (including phenoxy) is 1. The molecule has 5 nitrogen and oxygen atoms in total. The van der Waals surface area contributed by atoms with E-state index in [-0.39, 0.29) is 5.92 Å². The summed E-state index contributed by atoms with van der Waals surface area (Å²) in [4.78, 5) is 17.5. The topological polar surface area (TPSA) is 53.0 Å². The second kappa shape index (κ2) is 8.30. The van der Waals surface area contributed by atoms with Crippen molar-refractivity contribution in [1.82, 2.24) is 9.80 Å². The molecule has 0 aromatic heterocycles. The van der Waals surface area contributed by atoms with E-state index in [4.69, 9.17) is 4.74 Å². The maximum absolute atomic E-state index is 12.8.